The summed E-state index contributed by atoms with van der Waals surface area (Å²) in [6.45, 7) is 0.868. The van der Waals surface area contributed by atoms with E-state index >= 15 is 0 Å². The standard InChI is InChI=1S/C26H36BN3O4/c28-18-8-7-13-23(27(33)34)29-24(31)19-30(25(32)15-14-21-9-3-1-4-10-21)20-26(16-17-26)22-11-5-2-6-12-22/h1-6,9-12,23,33-34H,7-8,13-20,28H2,(H,29,31). The summed E-state index contributed by atoms with van der Waals surface area (Å²) in [7, 11) is -1.66. The average Bonchev–Trinajstić information content (AvgIpc) is 3.63. The number of unbranched alkanes of at least 4 members (excludes halogenated alkanes) is 1. The van der Waals surface area contributed by atoms with Crippen LogP contribution >= 0.6 is 0 Å². The summed E-state index contributed by atoms with van der Waals surface area (Å²) in [6, 6.07) is 20.0. The van der Waals surface area contributed by atoms with Crippen molar-refractivity contribution in [2.24, 2.45) is 5.73 Å². The number of hydrogen-bond acceptors (Lipinski definition) is 5. The smallest absolute Gasteiger partial charge is 0.426 e. The molecule has 2 aromatic carbocycles. The highest BCUT2D eigenvalue weighted by atomic mass is 16.4. The van der Waals surface area contributed by atoms with Gasteiger partial charge in [0.1, 0.15) is 0 Å². The Hall–Kier alpha value is -2.68. The number of aryl methyl sites for hydroxylation is 1. The van der Waals surface area contributed by atoms with Crippen LogP contribution in [0.5, 0.6) is 0 Å². The van der Waals surface area contributed by atoms with Crippen molar-refractivity contribution in [1.82, 2.24) is 10.2 Å². The van der Waals surface area contributed by atoms with Gasteiger partial charge in [0.2, 0.25) is 11.8 Å². The van der Waals surface area contributed by atoms with E-state index in [1.807, 2.05) is 48.5 Å². The van der Waals surface area contributed by atoms with Gasteiger partial charge in [-0.3, -0.25) is 9.59 Å². The van der Waals surface area contributed by atoms with Crippen LogP contribution < -0.4 is 11.1 Å². The molecular weight excluding hydrogens is 429 g/mol. The molecule has 0 spiro atoms. The highest BCUT2D eigenvalue weighted by molar-refractivity contribution is 6.43. The third kappa shape index (κ3) is 7.69. The van der Waals surface area contributed by atoms with Gasteiger partial charge in [-0.1, -0.05) is 67.1 Å². The largest absolute Gasteiger partial charge is 0.475 e. The first-order valence-electron chi connectivity index (χ1n) is 12.2. The van der Waals surface area contributed by atoms with E-state index in [1.165, 1.54) is 5.56 Å². The van der Waals surface area contributed by atoms with Crippen molar-refractivity contribution >= 4 is 18.9 Å². The van der Waals surface area contributed by atoms with Crippen molar-refractivity contribution in [3.8, 4) is 0 Å². The van der Waals surface area contributed by atoms with Crippen LogP contribution in [0.25, 0.3) is 0 Å². The lowest BCUT2D eigenvalue weighted by atomic mass is 9.76. The van der Waals surface area contributed by atoms with Crippen LogP contribution in [0.3, 0.4) is 0 Å². The topological polar surface area (TPSA) is 116 Å². The zero-order valence-electron chi connectivity index (χ0n) is 19.7. The zero-order chi connectivity index (χ0) is 24.4. The van der Waals surface area contributed by atoms with Crippen LogP contribution in [0.4, 0.5) is 0 Å². The average molecular weight is 465 g/mol. The van der Waals surface area contributed by atoms with E-state index in [-0.39, 0.29) is 23.8 Å². The summed E-state index contributed by atoms with van der Waals surface area (Å²) in [6.07, 6.45) is 4.68. The van der Waals surface area contributed by atoms with Gasteiger partial charge in [-0.2, -0.15) is 0 Å². The van der Waals surface area contributed by atoms with E-state index in [1.54, 1.807) is 4.90 Å². The molecule has 8 heteroatoms. The van der Waals surface area contributed by atoms with Crippen molar-refractivity contribution in [2.45, 2.75) is 56.3 Å². The van der Waals surface area contributed by atoms with Gasteiger partial charge in [0, 0.05) is 18.4 Å². The van der Waals surface area contributed by atoms with Gasteiger partial charge < -0.3 is 26.0 Å². The number of nitrogens with zero attached hydrogens (tertiary/aromatic N) is 1. The molecule has 0 saturated heterocycles. The van der Waals surface area contributed by atoms with Crippen molar-refractivity contribution in [3.63, 3.8) is 0 Å². The molecule has 1 unspecified atom stereocenters. The maximum Gasteiger partial charge on any atom is 0.475 e. The number of benzene rings is 2. The van der Waals surface area contributed by atoms with E-state index in [2.05, 4.69) is 17.4 Å². The molecular formula is C26H36BN3O4. The number of nitrogens with two attached hydrogens (primary N) is 1. The number of rotatable bonds is 14. The second-order valence-electron chi connectivity index (χ2n) is 9.25. The molecule has 3 rings (SSSR count). The first-order valence-corrected chi connectivity index (χ1v) is 12.2. The maximum atomic E-state index is 13.3. The summed E-state index contributed by atoms with van der Waals surface area (Å²) < 4.78 is 0. The quantitative estimate of drug-likeness (QED) is 0.251. The molecule has 0 radical (unpaired) electrons. The van der Waals surface area contributed by atoms with Gasteiger partial charge in [-0.15, -0.1) is 0 Å². The van der Waals surface area contributed by atoms with Crippen LogP contribution in [0.1, 0.15) is 49.7 Å². The normalized spacial score (nSPS) is 14.8. The Labute approximate surface area is 202 Å². The minimum absolute atomic E-state index is 0.0783. The molecule has 1 aliphatic carbocycles. The van der Waals surface area contributed by atoms with Gasteiger partial charge in [0.05, 0.1) is 12.5 Å². The SMILES string of the molecule is NCCCCC(NC(=O)CN(CC1(c2ccccc2)CC1)C(=O)CCc1ccccc1)B(O)O. The molecule has 0 bridgehead atoms. The van der Waals surface area contributed by atoms with Crippen LogP contribution in [0.15, 0.2) is 60.7 Å². The third-order valence-electron chi connectivity index (χ3n) is 6.57. The Bertz CT molecular complexity index is 907. The summed E-state index contributed by atoms with van der Waals surface area (Å²) in [4.78, 5) is 27.8. The Morgan fingerprint density at radius 1 is 1.03 bits per heavy atom. The first-order chi connectivity index (χ1) is 16.4. The van der Waals surface area contributed by atoms with Crippen molar-refractivity contribution in [1.29, 1.82) is 0 Å². The first kappa shape index (κ1) is 25.9. The summed E-state index contributed by atoms with van der Waals surface area (Å²) in [5.41, 5.74) is 7.65. The monoisotopic (exact) mass is 465 g/mol. The molecule has 34 heavy (non-hydrogen) atoms. The lowest BCUT2D eigenvalue weighted by Crippen LogP contribution is -2.51. The molecule has 2 amide bonds. The van der Waals surface area contributed by atoms with Gasteiger partial charge in [-0.05, 0) is 49.8 Å². The number of carbonyl (C=O) groups excluding carboxylic acids is 2. The van der Waals surface area contributed by atoms with Crippen LogP contribution in [0, 0.1) is 0 Å². The van der Waals surface area contributed by atoms with Crippen LogP contribution in [0.2, 0.25) is 0 Å². The highest BCUT2D eigenvalue weighted by Crippen LogP contribution is 2.48. The minimum Gasteiger partial charge on any atom is -0.426 e. The van der Waals surface area contributed by atoms with Gasteiger partial charge in [0.15, 0.2) is 0 Å². The summed E-state index contributed by atoms with van der Waals surface area (Å²) in [5, 5.41) is 22.1. The fraction of sp³-hybridized carbons (Fsp3) is 0.462. The fourth-order valence-electron chi connectivity index (χ4n) is 4.36. The second kappa shape index (κ2) is 12.7. The lowest BCUT2D eigenvalue weighted by molar-refractivity contribution is -0.136. The second-order valence-corrected chi connectivity index (χ2v) is 9.25. The van der Waals surface area contributed by atoms with Gasteiger partial charge >= 0.3 is 7.12 Å². The molecule has 2 aromatic rings. The Morgan fingerprint density at radius 2 is 1.68 bits per heavy atom. The molecule has 1 saturated carbocycles. The van der Waals surface area contributed by atoms with Crippen molar-refractivity contribution < 1.29 is 19.6 Å². The lowest BCUT2D eigenvalue weighted by Gasteiger charge is -2.29. The van der Waals surface area contributed by atoms with Gasteiger partial charge in [0.25, 0.3) is 0 Å². The molecule has 0 aliphatic heterocycles. The molecule has 1 atom stereocenters. The molecule has 1 fully saturated rings. The number of amides is 2. The minimum atomic E-state index is -1.66. The van der Waals surface area contributed by atoms with Crippen LogP contribution in [-0.2, 0) is 21.4 Å². The number of hydrogen-bond donors (Lipinski definition) is 4. The summed E-state index contributed by atoms with van der Waals surface area (Å²) >= 11 is 0. The van der Waals surface area contributed by atoms with E-state index in [0.717, 1.165) is 24.8 Å². The zero-order valence-corrected chi connectivity index (χ0v) is 19.7. The van der Waals surface area contributed by atoms with E-state index < -0.39 is 13.1 Å². The predicted octanol–water partition coefficient (Wildman–Crippen LogP) is 1.81. The molecule has 7 nitrogen and oxygen atoms in total. The van der Waals surface area contributed by atoms with Crippen molar-refractivity contribution in [2.75, 3.05) is 19.6 Å². The predicted molar refractivity (Wildman–Crippen MR) is 134 cm³/mol. The molecule has 0 heterocycles. The number of carbonyl (C=O) groups is 2. The molecule has 5 N–H and O–H groups in total. The van der Waals surface area contributed by atoms with Crippen LogP contribution in [-0.4, -0.2) is 59.5 Å². The Balaban J connectivity index is 1.67. The highest BCUT2D eigenvalue weighted by Gasteiger charge is 2.46. The third-order valence-corrected chi connectivity index (χ3v) is 6.57. The molecule has 1 aliphatic rings. The van der Waals surface area contributed by atoms with Crippen molar-refractivity contribution in [3.05, 3.63) is 71.8 Å². The number of nitrogens with one attached hydrogen (secondary N) is 1. The van der Waals surface area contributed by atoms with E-state index in [4.69, 9.17) is 5.73 Å². The summed E-state index contributed by atoms with van der Waals surface area (Å²) in [5.74, 6) is -1.25. The Morgan fingerprint density at radius 3 is 2.26 bits per heavy atom. The van der Waals surface area contributed by atoms with E-state index in [0.29, 0.717) is 38.8 Å². The van der Waals surface area contributed by atoms with E-state index in [9.17, 15) is 19.6 Å². The fourth-order valence-corrected chi connectivity index (χ4v) is 4.36. The molecule has 182 valence electrons. The molecule has 0 aromatic heterocycles. The Kier molecular flexibility index (Phi) is 9.68. The van der Waals surface area contributed by atoms with Gasteiger partial charge in [-0.25, -0.2) is 0 Å². The maximum absolute atomic E-state index is 13.3.